The van der Waals surface area contributed by atoms with Crippen LogP contribution in [0, 0.1) is 5.92 Å². The predicted octanol–water partition coefficient (Wildman–Crippen LogP) is 5.24. The largest absolute Gasteiger partial charge is 0.335 e. The van der Waals surface area contributed by atoms with Crippen LogP contribution in [0.4, 0.5) is 5.69 Å². The Morgan fingerprint density at radius 2 is 1.84 bits per heavy atom. The summed E-state index contributed by atoms with van der Waals surface area (Å²) in [5, 5.41) is 10.5. The van der Waals surface area contributed by atoms with Crippen molar-refractivity contribution >= 4 is 50.8 Å². The number of carbonyl (C=O) groups excluding carboxylic acids is 2. The second-order valence-electron chi connectivity index (χ2n) is 9.28. The van der Waals surface area contributed by atoms with E-state index in [2.05, 4.69) is 30.5 Å². The van der Waals surface area contributed by atoms with Crippen LogP contribution in [0.25, 0.3) is 55.3 Å². The van der Waals surface area contributed by atoms with Gasteiger partial charge in [-0.3, -0.25) is 24.7 Å². The molecule has 6 aromatic heterocycles. The van der Waals surface area contributed by atoms with Gasteiger partial charge in [0.05, 0.1) is 39.7 Å². The van der Waals surface area contributed by atoms with Gasteiger partial charge < -0.3 is 10.3 Å². The molecule has 11 heteroatoms. The number of pyridine rings is 3. The third-order valence-electron chi connectivity index (χ3n) is 6.49. The van der Waals surface area contributed by atoms with Gasteiger partial charge >= 0.3 is 0 Å². The van der Waals surface area contributed by atoms with Crippen LogP contribution in [0.2, 0.25) is 0 Å². The van der Waals surface area contributed by atoms with Crippen LogP contribution >= 0.6 is 11.3 Å². The van der Waals surface area contributed by atoms with E-state index in [0.717, 1.165) is 45.4 Å². The van der Waals surface area contributed by atoms with Crippen molar-refractivity contribution in [3.63, 3.8) is 0 Å². The maximum atomic E-state index is 12.2. The molecule has 0 radical (unpaired) electrons. The lowest BCUT2D eigenvalue weighted by molar-refractivity contribution is -0.117. The molecule has 6 aromatic rings. The van der Waals surface area contributed by atoms with Gasteiger partial charge in [-0.25, -0.2) is 9.97 Å². The quantitative estimate of drug-likeness (QED) is 0.255. The molecule has 186 valence electrons. The summed E-state index contributed by atoms with van der Waals surface area (Å²) in [6, 6.07) is 9.41. The van der Waals surface area contributed by atoms with E-state index in [1.165, 1.54) is 11.3 Å². The highest BCUT2D eigenvalue weighted by molar-refractivity contribution is 7.17. The summed E-state index contributed by atoms with van der Waals surface area (Å²) >= 11 is 1.42. The highest BCUT2D eigenvalue weighted by Gasteiger charge is 2.29. The number of nitrogens with one attached hydrogen (secondary N) is 3. The first kappa shape index (κ1) is 22.4. The van der Waals surface area contributed by atoms with E-state index in [4.69, 9.17) is 9.97 Å². The van der Waals surface area contributed by atoms with Crippen LogP contribution < -0.4 is 5.32 Å². The number of anilines is 1. The number of H-pyrrole nitrogens is 2. The Morgan fingerprint density at radius 3 is 2.66 bits per heavy atom. The number of hydrogen-bond acceptors (Lipinski definition) is 8. The molecule has 1 aliphatic carbocycles. The lowest BCUT2D eigenvalue weighted by Crippen LogP contribution is -2.13. The number of hydrogen-bond donors (Lipinski definition) is 3. The monoisotopic (exact) mass is 520 g/mol. The first-order valence-electron chi connectivity index (χ1n) is 12.1. The molecule has 0 saturated heterocycles. The first-order valence-corrected chi connectivity index (χ1v) is 12.9. The van der Waals surface area contributed by atoms with Gasteiger partial charge in [-0.05, 0) is 50.1 Å². The fraction of sp³-hybridized carbons (Fsp3) is 0.148. The summed E-state index contributed by atoms with van der Waals surface area (Å²) in [7, 11) is 0. The van der Waals surface area contributed by atoms with Crippen molar-refractivity contribution in [1.82, 2.24) is 35.1 Å². The van der Waals surface area contributed by atoms with Crippen molar-refractivity contribution in [3.8, 4) is 33.2 Å². The number of ketones is 1. The number of aromatic nitrogens is 7. The number of amides is 1. The SMILES string of the molecule is CC(=O)c1ccc(-c2cncc3[nH]c(-c4n[nH]c5ccc(-c6cncc(NC(=O)C7CC7)c6)nc45)nc23)s1. The zero-order valence-corrected chi connectivity index (χ0v) is 21.0. The summed E-state index contributed by atoms with van der Waals surface area (Å²) in [5.41, 5.74) is 6.45. The second kappa shape index (κ2) is 8.67. The van der Waals surface area contributed by atoms with Crippen molar-refractivity contribution < 1.29 is 9.59 Å². The molecule has 3 N–H and O–H groups in total. The van der Waals surface area contributed by atoms with Gasteiger partial charge in [0, 0.05) is 34.3 Å². The first-order chi connectivity index (χ1) is 18.5. The molecule has 1 fully saturated rings. The van der Waals surface area contributed by atoms with Gasteiger partial charge in [-0.1, -0.05) is 0 Å². The third-order valence-corrected chi connectivity index (χ3v) is 7.71. The molecule has 1 saturated carbocycles. The fourth-order valence-electron chi connectivity index (χ4n) is 4.36. The standard InChI is InChI=1S/C27H20N8O2S/c1-13(36)21-6-7-22(38-21)17-11-29-12-20-23(17)33-26(32-20)25-24-19(34-35-25)5-4-18(31-24)15-8-16(10-28-9-15)30-27(37)14-2-3-14/h4-12,14H,2-3H2,1H3,(H,30,37)(H,32,33)(H,34,35). The van der Waals surface area contributed by atoms with Gasteiger partial charge in [-0.2, -0.15) is 5.10 Å². The number of fused-ring (bicyclic) bond motifs is 2. The smallest absolute Gasteiger partial charge is 0.227 e. The minimum Gasteiger partial charge on any atom is -0.335 e. The van der Waals surface area contributed by atoms with E-state index in [-0.39, 0.29) is 17.6 Å². The lowest BCUT2D eigenvalue weighted by atomic mass is 10.1. The fourth-order valence-corrected chi connectivity index (χ4v) is 5.27. The van der Waals surface area contributed by atoms with E-state index in [9.17, 15) is 9.59 Å². The zero-order valence-electron chi connectivity index (χ0n) is 20.1. The Morgan fingerprint density at radius 1 is 0.974 bits per heavy atom. The molecule has 0 spiro atoms. The molecular formula is C27H20N8O2S. The molecule has 6 heterocycles. The van der Waals surface area contributed by atoms with Crippen molar-refractivity contribution in [2.45, 2.75) is 19.8 Å². The Bertz CT molecular complexity index is 1880. The summed E-state index contributed by atoms with van der Waals surface area (Å²) in [6.45, 7) is 1.56. The van der Waals surface area contributed by atoms with Gasteiger partial charge in [-0.15, -0.1) is 11.3 Å². The topological polar surface area (TPSA) is 142 Å². The molecule has 0 aliphatic heterocycles. The molecule has 7 rings (SSSR count). The number of nitrogens with zero attached hydrogens (tertiary/aromatic N) is 5. The van der Waals surface area contributed by atoms with Crippen molar-refractivity contribution in [2.24, 2.45) is 5.92 Å². The van der Waals surface area contributed by atoms with E-state index in [1.54, 1.807) is 31.7 Å². The van der Waals surface area contributed by atoms with Crippen LogP contribution in [0.5, 0.6) is 0 Å². The minimum atomic E-state index is 0.0278. The molecule has 0 unspecified atom stereocenters. The maximum Gasteiger partial charge on any atom is 0.227 e. The highest BCUT2D eigenvalue weighted by atomic mass is 32.1. The van der Waals surface area contributed by atoms with Gasteiger partial charge in [0.25, 0.3) is 0 Å². The lowest BCUT2D eigenvalue weighted by Gasteiger charge is -2.06. The van der Waals surface area contributed by atoms with E-state index in [0.29, 0.717) is 33.3 Å². The third kappa shape index (κ3) is 3.93. The predicted molar refractivity (Wildman–Crippen MR) is 145 cm³/mol. The van der Waals surface area contributed by atoms with Crippen LogP contribution in [0.1, 0.15) is 29.4 Å². The number of rotatable bonds is 6. The van der Waals surface area contributed by atoms with E-state index in [1.807, 2.05) is 30.3 Å². The molecular weight excluding hydrogens is 500 g/mol. The Balaban J connectivity index is 1.27. The number of imidazole rings is 1. The van der Waals surface area contributed by atoms with Crippen LogP contribution in [-0.4, -0.2) is 46.8 Å². The average Bonchev–Trinajstić information content (AvgIpc) is 3.32. The Kier molecular flexibility index (Phi) is 5.11. The summed E-state index contributed by atoms with van der Waals surface area (Å²) in [6.07, 6.45) is 8.70. The second-order valence-corrected chi connectivity index (χ2v) is 10.4. The van der Waals surface area contributed by atoms with Crippen LogP contribution in [0.3, 0.4) is 0 Å². The van der Waals surface area contributed by atoms with Crippen LogP contribution in [0.15, 0.2) is 55.1 Å². The molecule has 0 aromatic carbocycles. The molecule has 0 atom stereocenters. The summed E-state index contributed by atoms with van der Waals surface area (Å²) in [5.74, 6) is 0.720. The van der Waals surface area contributed by atoms with Gasteiger partial charge in [0.2, 0.25) is 5.91 Å². The minimum absolute atomic E-state index is 0.0278. The number of Topliss-reactive ketones (excluding diaryl/α,β-unsaturated/α-hetero) is 1. The number of carbonyl (C=O) groups is 2. The average molecular weight is 521 g/mol. The summed E-state index contributed by atoms with van der Waals surface area (Å²) < 4.78 is 0. The Labute approximate surface area is 219 Å². The van der Waals surface area contributed by atoms with E-state index >= 15 is 0 Å². The maximum absolute atomic E-state index is 12.2. The van der Waals surface area contributed by atoms with Crippen molar-refractivity contribution in [3.05, 3.63) is 60.0 Å². The number of aromatic amines is 2. The highest BCUT2D eigenvalue weighted by Crippen LogP contribution is 2.35. The van der Waals surface area contributed by atoms with Gasteiger partial charge in [0.15, 0.2) is 17.3 Å². The molecule has 1 amide bonds. The molecule has 10 nitrogen and oxygen atoms in total. The number of thiophene rings is 1. The van der Waals surface area contributed by atoms with Crippen molar-refractivity contribution in [1.29, 1.82) is 0 Å². The Hall–Kier alpha value is -4.77. The molecule has 0 bridgehead atoms. The normalized spacial score (nSPS) is 13.3. The van der Waals surface area contributed by atoms with Crippen LogP contribution in [-0.2, 0) is 4.79 Å². The molecule has 38 heavy (non-hydrogen) atoms. The molecule has 1 aliphatic rings. The summed E-state index contributed by atoms with van der Waals surface area (Å²) in [4.78, 5) is 47.3. The van der Waals surface area contributed by atoms with Crippen molar-refractivity contribution in [2.75, 3.05) is 5.32 Å². The van der Waals surface area contributed by atoms with Gasteiger partial charge in [0.1, 0.15) is 11.0 Å². The zero-order chi connectivity index (χ0) is 25.8. The van der Waals surface area contributed by atoms with E-state index < -0.39 is 0 Å².